The molecule has 20 heavy (non-hydrogen) atoms. The number of hydrogen-bond acceptors (Lipinski definition) is 4. The number of unbranched alkanes of at least 4 members (excludes halogenated alkanes) is 1. The molecular formula is C14H17N3O2S. The third-order valence-electron chi connectivity index (χ3n) is 2.95. The smallest absolute Gasteiger partial charge is 0.303 e. The number of carboxylic acid groups (broad SMARTS) is 1. The van der Waals surface area contributed by atoms with Crippen LogP contribution in [-0.2, 0) is 11.2 Å². The quantitative estimate of drug-likeness (QED) is 0.627. The molecule has 106 valence electrons. The number of carboxylic acids is 1. The van der Waals surface area contributed by atoms with E-state index in [-0.39, 0.29) is 6.42 Å². The first-order chi connectivity index (χ1) is 9.70. The molecule has 2 rings (SSSR count). The van der Waals surface area contributed by atoms with E-state index in [1.165, 1.54) is 0 Å². The van der Waals surface area contributed by atoms with E-state index < -0.39 is 5.97 Å². The van der Waals surface area contributed by atoms with Crippen molar-refractivity contribution >= 4 is 17.7 Å². The number of carbonyl (C=O) groups is 1. The number of thioether (sulfide) groups is 1. The SMILES string of the molecule is CSc1ccccc1-n1cc(CCCCC(=O)O)nn1. The number of hydrogen-bond donors (Lipinski definition) is 1. The second-order valence-corrected chi connectivity index (χ2v) is 5.28. The number of rotatable bonds is 7. The zero-order valence-electron chi connectivity index (χ0n) is 11.3. The molecule has 5 nitrogen and oxygen atoms in total. The lowest BCUT2D eigenvalue weighted by Gasteiger charge is -2.05. The van der Waals surface area contributed by atoms with Gasteiger partial charge in [-0.15, -0.1) is 16.9 Å². The van der Waals surface area contributed by atoms with Gasteiger partial charge in [0.2, 0.25) is 0 Å². The molecule has 1 aromatic carbocycles. The third kappa shape index (κ3) is 3.84. The van der Waals surface area contributed by atoms with Crippen LogP contribution in [0.25, 0.3) is 5.69 Å². The summed E-state index contributed by atoms with van der Waals surface area (Å²) in [7, 11) is 0. The van der Waals surface area contributed by atoms with Crippen molar-refractivity contribution in [2.75, 3.05) is 6.26 Å². The van der Waals surface area contributed by atoms with Crippen molar-refractivity contribution < 1.29 is 9.90 Å². The van der Waals surface area contributed by atoms with E-state index in [9.17, 15) is 4.79 Å². The number of aromatic nitrogens is 3. The maximum absolute atomic E-state index is 10.4. The standard InChI is InChI=1S/C14H17N3O2S/c1-20-13-8-4-3-7-12(13)17-10-11(15-16-17)6-2-5-9-14(18)19/h3-4,7-8,10H,2,5-6,9H2,1H3,(H,18,19). The van der Waals surface area contributed by atoms with Crippen LogP contribution in [0.1, 0.15) is 25.0 Å². The summed E-state index contributed by atoms with van der Waals surface area (Å²) in [4.78, 5) is 11.6. The molecule has 0 atom stereocenters. The van der Waals surface area contributed by atoms with Gasteiger partial charge >= 0.3 is 5.97 Å². The maximum atomic E-state index is 10.4. The molecular weight excluding hydrogens is 274 g/mol. The molecule has 0 radical (unpaired) electrons. The monoisotopic (exact) mass is 291 g/mol. The number of benzene rings is 1. The molecule has 0 fully saturated rings. The first-order valence-electron chi connectivity index (χ1n) is 6.47. The summed E-state index contributed by atoms with van der Waals surface area (Å²) in [6, 6.07) is 8.03. The highest BCUT2D eigenvalue weighted by Crippen LogP contribution is 2.22. The van der Waals surface area contributed by atoms with Gasteiger partial charge in [-0.1, -0.05) is 17.3 Å². The molecule has 1 aromatic heterocycles. The minimum Gasteiger partial charge on any atom is -0.481 e. The van der Waals surface area contributed by atoms with Crippen molar-refractivity contribution in [3.05, 3.63) is 36.2 Å². The van der Waals surface area contributed by atoms with Gasteiger partial charge in [0.05, 0.1) is 17.6 Å². The van der Waals surface area contributed by atoms with Crippen LogP contribution in [0.2, 0.25) is 0 Å². The Bertz CT molecular complexity index is 583. The van der Waals surface area contributed by atoms with Crippen molar-refractivity contribution in [2.45, 2.75) is 30.6 Å². The maximum Gasteiger partial charge on any atom is 0.303 e. The molecule has 0 aliphatic rings. The van der Waals surface area contributed by atoms with Crippen LogP contribution >= 0.6 is 11.8 Å². The van der Waals surface area contributed by atoms with Crippen LogP contribution in [0.3, 0.4) is 0 Å². The molecule has 2 aromatic rings. The number of aliphatic carboxylic acids is 1. The fourth-order valence-electron chi connectivity index (χ4n) is 1.93. The van der Waals surface area contributed by atoms with Gasteiger partial charge in [0.25, 0.3) is 0 Å². The first kappa shape index (κ1) is 14.6. The van der Waals surface area contributed by atoms with E-state index >= 15 is 0 Å². The van der Waals surface area contributed by atoms with Crippen LogP contribution in [0.5, 0.6) is 0 Å². The van der Waals surface area contributed by atoms with E-state index in [0.29, 0.717) is 6.42 Å². The first-order valence-corrected chi connectivity index (χ1v) is 7.69. The van der Waals surface area contributed by atoms with Crippen LogP contribution in [0.4, 0.5) is 0 Å². The fraction of sp³-hybridized carbons (Fsp3) is 0.357. The Hall–Kier alpha value is -1.82. The lowest BCUT2D eigenvalue weighted by Crippen LogP contribution is -1.96. The average molecular weight is 291 g/mol. The van der Waals surface area contributed by atoms with Crippen molar-refractivity contribution in [2.24, 2.45) is 0 Å². The Morgan fingerprint density at radius 2 is 2.15 bits per heavy atom. The van der Waals surface area contributed by atoms with Crippen LogP contribution in [0, 0.1) is 0 Å². The molecule has 1 heterocycles. The van der Waals surface area contributed by atoms with Gasteiger partial charge in [-0.3, -0.25) is 4.79 Å². The van der Waals surface area contributed by atoms with Gasteiger partial charge < -0.3 is 5.11 Å². The van der Waals surface area contributed by atoms with Gasteiger partial charge in [-0.25, -0.2) is 4.68 Å². The zero-order valence-corrected chi connectivity index (χ0v) is 12.1. The lowest BCUT2D eigenvalue weighted by molar-refractivity contribution is -0.137. The molecule has 0 amide bonds. The zero-order chi connectivity index (χ0) is 14.4. The Labute approximate surface area is 122 Å². The van der Waals surface area contributed by atoms with E-state index in [1.807, 2.05) is 36.7 Å². The molecule has 0 bridgehead atoms. The molecule has 0 saturated heterocycles. The van der Waals surface area contributed by atoms with E-state index in [4.69, 9.17) is 5.11 Å². The molecule has 0 spiro atoms. The molecule has 1 N–H and O–H groups in total. The highest BCUT2D eigenvalue weighted by Gasteiger charge is 2.07. The summed E-state index contributed by atoms with van der Waals surface area (Å²) >= 11 is 1.67. The normalized spacial score (nSPS) is 10.7. The number of aryl methyl sites for hydroxylation is 1. The van der Waals surface area contributed by atoms with Gasteiger partial charge in [-0.05, 0) is 37.7 Å². The predicted molar refractivity (Wildman–Crippen MR) is 78.3 cm³/mol. The van der Waals surface area contributed by atoms with E-state index in [2.05, 4.69) is 10.3 Å². The molecule has 0 aliphatic heterocycles. The van der Waals surface area contributed by atoms with Crippen molar-refractivity contribution in [1.82, 2.24) is 15.0 Å². The summed E-state index contributed by atoms with van der Waals surface area (Å²) in [5.41, 5.74) is 1.91. The van der Waals surface area contributed by atoms with E-state index in [1.54, 1.807) is 16.4 Å². The molecule has 6 heteroatoms. The Kier molecular flexibility index (Phi) is 5.17. The molecule has 0 aliphatic carbocycles. The van der Waals surface area contributed by atoms with Gasteiger partial charge in [0.1, 0.15) is 0 Å². The predicted octanol–water partition coefficient (Wildman–Crippen LogP) is 2.79. The second-order valence-electron chi connectivity index (χ2n) is 4.43. The van der Waals surface area contributed by atoms with Crippen molar-refractivity contribution in [1.29, 1.82) is 0 Å². The minimum absolute atomic E-state index is 0.212. The van der Waals surface area contributed by atoms with Crippen molar-refractivity contribution in [3.8, 4) is 5.69 Å². The van der Waals surface area contributed by atoms with Crippen LogP contribution in [-0.4, -0.2) is 32.3 Å². The third-order valence-corrected chi connectivity index (χ3v) is 3.73. The number of nitrogens with zero attached hydrogens (tertiary/aromatic N) is 3. The van der Waals surface area contributed by atoms with Crippen LogP contribution in [0.15, 0.2) is 35.4 Å². The highest BCUT2D eigenvalue weighted by atomic mass is 32.2. The minimum atomic E-state index is -0.748. The summed E-state index contributed by atoms with van der Waals surface area (Å²) in [6.45, 7) is 0. The Morgan fingerprint density at radius 1 is 1.35 bits per heavy atom. The van der Waals surface area contributed by atoms with Gasteiger partial charge in [-0.2, -0.15) is 0 Å². The second kappa shape index (κ2) is 7.09. The van der Waals surface area contributed by atoms with Gasteiger partial charge in [0.15, 0.2) is 0 Å². The summed E-state index contributed by atoms with van der Waals surface area (Å²) < 4.78 is 1.78. The Balaban J connectivity index is 2.00. The lowest BCUT2D eigenvalue weighted by atomic mass is 10.1. The van der Waals surface area contributed by atoms with E-state index in [0.717, 1.165) is 29.1 Å². The van der Waals surface area contributed by atoms with Gasteiger partial charge in [0, 0.05) is 11.3 Å². The summed E-state index contributed by atoms with van der Waals surface area (Å²) in [6.07, 6.45) is 6.40. The molecule has 0 saturated carbocycles. The number of para-hydroxylation sites is 1. The largest absolute Gasteiger partial charge is 0.481 e. The van der Waals surface area contributed by atoms with Crippen LogP contribution < -0.4 is 0 Å². The summed E-state index contributed by atoms with van der Waals surface area (Å²) in [5, 5.41) is 16.9. The summed E-state index contributed by atoms with van der Waals surface area (Å²) in [5.74, 6) is -0.748. The van der Waals surface area contributed by atoms with Crippen molar-refractivity contribution in [3.63, 3.8) is 0 Å². The Morgan fingerprint density at radius 3 is 2.90 bits per heavy atom. The fourth-order valence-corrected chi connectivity index (χ4v) is 2.52. The topological polar surface area (TPSA) is 68.0 Å². The average Bonchev–Trinajstić information content (AvgIpc) is 2.92. The molecule has 0 unspecified atom stereocenters. The highest BCUT2D eigenvalue weighted by molar-refractivity contribution is 7.98.